The fraction of sp³-hybridized carbons (Fsp3) is 0.889. The quantitative estimate of drug-likeness (QED) is 0.645. The average molecular weight is 186 g/mol. The van der Waals surface area contributed by atoms with Crippen molar-refractivity contribution >= 4 is 11.8 Å². The Hall–Kier alpha value is -0.200. The summed E-state index contributed by atoms with van der Waals surface area (Å²) in [6, 6.07) is 2.60. The van der Waals surface area contributed by atoms with E-state index in [1.54, 1.807) is 0 Å². The molecule has 0 rings (SSSR count). The van der Waals surface area contributed by atoms with Crippen LogP contribution < -0.4 is 5.32 Å². The van der Waals surface area contributed by atoms with Crippen LogP contribution in [-0.2, 0) is 0 Å². The summed E-state index contributed by atoms with van der Waals surface area (Å²) in [5.74, 6) is 2.36. The number of nitriles is 1. The lowest BCUT2D eigenvalue weighted by Crippen LogP contribution is -2.33. The first-order valence-electron chi connectivity index (χ1n) is 4.44. The van der Waals surface area contributed by atoms with Gasteiger partial charge in [-0.25, -0.2) is 0 Å². The minimum absolute atomic E-state index is 0.0216. The molecule has 2 nitrogen and oxygen atoms in total. The van der Waals surface area contributed by atoms with Gasteiger partial charge in [-0.1, -0.05) is 6.92 Å². The third-order valence-electron chi connectivity index (χ3n) is 1.63. The van der Waals surface area contributed by atoms with Gasteiger partial charge >= 0.3 is 0 Å². The largest absolute Gasteiger partial charge is 0.300 e. The topological polar surface area (TPSA) is 35.8 Å². The van der Waals surface area contributed by atoms with Crippen LogP contribution in [-0.4, -0.2) is 23.6 Å². The van der Waals surface area contributed by atoms with E-state index in [4.69, 9.17) is 5.26 Å². The smallest absolute Gasteiger partial charge is 0.0926 e. The van der Waals surface area contributed by atoms with Crippen molar-refractivity contribution in [3.63, 3.8) is 0 Å². The summed E-state index contributed by atoms with van der Waals surface area (Å²) in [7, 11) is 0. The van der Waals surface area contributed by atoms with Crippen molar-refractivity contribution in [2.75, 3.05) is 11.5 Å². The van der Waals surface area contributed by atoms with Gasteiger partial charge in [0.2, 0.25) is 0 Å². The van der Waals surface area contributed by atoms with Crippen LogP contribution in [0.25, 0.3) is 0 Å². The molecular formula is C9H18N2S. The molecule has 0 radical (unpaired) electrons. The normalized spacial score (nSPS) is 15.2. The van der Waals surface area contributed by atoms with Gasteiger partial charge in [0.15, 0.2) is 0 Å². The second-order valence-electron chi connectivity index (χ2n) is 2.90. The van der Waals surface area contributed by atoms with Crippen molar-refractivity contribution in [2.45, 2.75) is 39.3 Å². The summed E-state index contributed by atoms with van der Waals surface area (Å²) in [6.07, 6.45) is 1.14. The van der Waals surface area contributed by atoms with Crippen LogP contribution in [0, 0.1) is 11.3 Å². The SMILES string of the molecule is CCSCCC(C)NC(C)C#N. The van der Waals surface area contributed by atoms with Crippen LogP contribution in [0.2, 0.25) is 0 Å². The van der Waals surface area contributed by atoms with Gasteiger partial charge in [0.05, 0.1) is 12.1 Å². The van der Waals surface area contributed by atoms with Crippen molar-refractivity contribution in [1.82, 2.24) is 5.32 Å². The van der Waals surface area contributed by atoms with E-state index in [0.717, 1.165) is 6.42 Å². The molecule has 3 heteroatoms. The van der Waals surface area contributed by atoms with Crippen LogP contribution in [0.15, 0.2) is 0 Å². The Morgan fingerprint density at radius 3 is 2.67 bits per heavy atom. The molecule has 1 N–H and O–H groups in total. The fourth-order valence-corrected chi connectivity index (χ4v) is 1.76. The Kier molecular flexibility index (Phi) is 7.33. The molecule has 0 amide bonds. The van der Waals surface area contributed by atoms with Crippen LogP contribution >= 0.6 is 11.8 Å². The first-order valence-corrected chi connectivity index (χ1v) is 5.59. The lowest BCUT2D eigenvalue weighted by atomic mass is 10.2. The minimum Gasteiger partial charge on any atom is -0.300 e. The first kappa shape index (κ1) is 11.8. The molecule has 0 bridgehead atoms. The molecule has 0 aromatic rings. The average Bonchev–Trinajstić information content (AvgIpc) is 2.05. The number of hydrogen-bond acceptors (Lipinski definition) is 3. The molecular weight excluding hydrogens is 168 g/mol. The highest BCUT2D eigenvalue weighted by molar-refractivity contribution is 7.99. The second-order valence-corrected chi connectivity index (χ2v) is 4.30. The number of rotatable bonds is 6. The van der Waals surface area contributed by atoms with Gasteiger partial charge in [0.1, 0.15) is 0 Å². The maximum absolute atomic E-state index is 8.54. The van der Waals surface area contributed by atoms with Crippen molar-refractivity contribution < 1.29 is 0 Å². The molecule has 0 heterocycles. The molecule has 0 aliphatic rings. The lowest BCUT2D eigenvalue weighted by Gasteiger charge is -2.14. The highest BCUT2D eigenvalue weighted by Gasteiger charge is 2.04. The zero-order valence-corrected chi connectivity index (χ0v) is 8.95. The van der Waals surface area contributed by atoms with Crippen molar-refractivity contribution in [3.05, 3.63) is 0 Å². The number of nitrogens with one attached hydrogen (secondary N) is 1. The molecule has 12 heavy (non-hydrogen) atoms. The second kappa shape index (κ2) is 7.45. The fourth-order valence-electron chi connectivity index (χ4n) is 0.952. The molecule has 0 fully saturated rings. The van der Waals surface area contributed by atoms with Crippen LogP contribution in [0.4, 0.5) is 0 Å². The van der Waals surface area contributed by atoms with Gasteiger partial charge in [0.25, 0.3) is 0 Å². The van der Waals surface area contributed by atoms with E-state index in [1.165, 1.54) is 11.5 Å². The number of hydrogen-bond donors (Lipinski definition) is 1. The summed E-state index contributed by atoms with van der Waals surface area (Å²) in [6.45, 7) is 6.19. The predicted octanol–water partition coefficient (Wildman–Crippen LogP) is 2.02. The third kappa shape index (κ3) is 6.51. The monoisotopic (exact) mass is 186 g/mol. The van der Waals surface area contributed by atoms with Gasteiger partial charge in [-0.15, -0.1) is 0 Å². The molecule has 0 aromatic carbocycles. The summed E-state index contributed by atoms with van der Waals surface area (Å²) in [5, 5.41) is 11.8. The molecule has 0 saturated carbocycles. The zero-order valence-electron chi connectivity index (χ0n) is 8.13. The van der Waals surface area contributed by atoms with E-state index in [9.17, 15) is 0 Å². The van der Waals surface area contributed by atoms with E-state index < -0.39 is 0 Å². The maximum Gasteiger partial charge on any atom is 0.0926 e. The standard InChI is InChI=1S/C9H18N2S/c1-4-12-6-5-8(2)11-9(3)7-10/h8-9,11H,4-6H2,1-3H3. The van der Waals surface area contributed by atoms with Crippen molar-refractivity contribution in [3.8, 4) is 6.07 Å². The van der Waals surface area contributed by atoms with E-state index in [0.29, 0.717) is 6.04 Å². The van der Waals surface area contributed by atoms with Crippen LogP contribution in [0.1, 0.15) is 27.2 Å². The minimum atomic E-state index is -0.0216. The lowest BCUT2D eigenvalue weighted by molar-refractivity contribution is 0.512. The van der Waals surface area contributed by atoms with Crippen molar-refractivity contribution in [1.29, 1.82) is 5.26 Å². The van der Waals surface area contributed by atoms with Gasteiger partial charge in [-0.05, 0) is 31.8 Å². The van der Waals surface area contributed by atoms with Gasteiger partial charge in [-0.2, -0.15) is 17.0 Å². The van der Waals surface area contributed by atoms with E-state index in [-0.39, 0.29) is 6.04 Å². The third-order valence-corrected chi connectivity index (χ3v) is 2.56. The Bertz CT molecular complexity index is 142. The molecule has 0 aliphatic carbocycles. The molecule has 70 valence electrons. The molecule has 2 atom stereocenters. The zero-order chi connectivity index (χ0) is 9.40. The Morgan fingerprint density at radius 2 is 2.17 bits per heavy atom. The molecule has 2 unspecified atom stereocenters. The van der Waals surface area contributed by atoms with Gasteiger partial charge < -0.3 is 0 Å². The Balaban J connectivity index is 3.34. The Labute approximate surface area is 79.7 Å². The highest BCUT2D eigenvalue weighted by Crippen LogP contribution is 2.03. The van der Waals surface area contributed by atoms with E-state index in [2.05, 4.69) is 25.2 Å². The molecule has 0 spiro atoms. The van der Waals surface area contributed by atoms with Crippen LogP contribution in [0.5, 0.6) is 0 Å². The summed E-state index contributed by atoms with van der Waals surface area (Å²) < 4.78 is 0. The summed E-state index contributed by atoms with van der Waals surface area (Å²) in [5.41, 5.74) is 0. The number of nitrogens with zero attached hydrogens (tertiary/aromatic N) is 1. The predicted molar refractivity (Wildman–Crippen MR) is 55.3 cm³/mol. The van der Waals surface area contributed by atoms with Crippen LogP contribution in [0.3, 0.4) is 0 Å². The Morgan fingerprint density at radius 1 is 1.50 bits per heavy atom. The summed E-state index contributed by atoms with van der Waals surface area (Å²) >= 11 is 1.95. The first-order chi connectivity index (χ1) is 5.70. The van der Waals surface area contributed by atoms with Gasteiger partial charge in [-0.3, -0.25) is 5.32 Å². The molecule has 0 aliphatic heterocycles. The number of thioether (sulfide) groups is 1. The van der Waals surface area contributed by atoms with Crippen molar-refractivity contribution in [2.24, 2.45) is 0 Å². The highest BCUT2D eigenvalue weighted by atomic mass is 32.2. The van der Waals surface area contributed by atoms with E-state index in [1.807, 2.05) is 18.7 Å². The van der Waals surface area contributed by atoms with E-state index >= 15 is 0 Å². The molecule has 0 saturated heterocycles. The maximum atomic E-state index is 8.54. The molecule has 0 aromatic heterocycles. The van der Waals surface area contributed by atoms with Gasteiger partial charge in [0, 0.05) is 6.04 Å². The summed E-state index contributed by atoms with van der Waals surface area (Å²) in [4.78, 5) is 0.